The SMILES string of the molecule is O=C1CCCN1c1ccc(NCC(=O)N2CCCC2c2cccs2)cc1. The number of anilines is 2. The molecule has 4 rings (SSSR count). The quantitative estimate of drug-likeness (QED) is 0.875. The van der Waals surface area contributed by atoms with Crippen molar-refractivity contribution in [3.8, 4) is 0 Å². The van der Waals surface area contributed by atoms with Crippen molar-refractivity contribution >= 4 is 34.5 Å². The van der Waals surface area contributed by atoms with E-state index in [0.29, 0.717) is 13.0 Å². The molecule has 2 amide bonds. The average molecular weight is 369 g/mol. The van der Waals surface area contributed by atoms with Gasteiger partial charge in [0.15, 0.2) is 0 Å². The maximum Gasteiger partial charge on any atom is 0.242 e. The first-order chi connectivity index (χ1) is 12.7. The molecule has 1 N–H and O–H groups in total. The Kier molecular flexibility index (Phi) is 4.93. The molecule has 6 heteroatoms. The van der Waals surface area contributed by atoms with Crippen LogP contribution in [-0.2, 0) is 9.59 Å². The van der Waals surface area contributed by atoms with Gasteiger partial charge in [0, 0.05) is 35.8 Å². The fourth-order valence-corrected chi connectivity index (χ4v) is 4.68. The molecule has 0 spiro atoms. The van der Waals surface area contributed by atoms with E-state index >= 15 is 0 Å². The van der Waals surface area contributed by atoms with Gasteiger partial charge in [0.25, 0.3) is 0 Å². The van der Waals surface area contributed by atoms with Crippen molar-refractivity contribution < 1.29 is 9.59 Å². The highest BCUT2D eigenvalue weighted by Crippen LogP contribution is 2.34. The predicted molar refractivity (Wildman–Crippen MR) is 105 cm³/mol. The third-order valence-electron chi connectivity index (χ3n) is 5.14. The number of nitrogens with zero attached hydrogens (tertiary/aromatic N) is 2. The van der Waals surface area contributed by atoms with Gasteiger partial charge in [-0.05, 0) is 55.0 Å². The minimum Gasteiger partial charge on any atom is -0.376 e. The van der Waals surface area contributed by atoms with E-state index in [4.69, 9.17) is 0 Å². The van der Waals surface area contributed by atoms with Crippen LogP contribution in [0.3, 0.4) is 0 Å². The van der Waals surface area contributed by atoms with Crippen molar-refractivity contribution in [1.82, 2.24) is 4.90 Å². The lowest BCUT2D eigenvalue weighted by Crippen LogP contribution is -2.34. The average Bonchev–Trinajstić information content (AvgIpc) is 3.40. The number of nitrogens with one attached hydrogen (secondary N) is 1. The van der Waals surface area contributed by atoms with Crippen LogP contribution < -0.4 is 10.2 Å². The highest BCUT2D eigenvalue weighted by molar-refractivity contribution is 7.10. The summed E-state index contributed by atoms with van der Waals surface area (Å²) < 4.78 is 0. The van der Waals surface area contributed by atoms with Crippen molar-refractivity contribution in [3.05, 3.63) is 46.7 Å². The van der Waals surface area contributed by atoms with E-state index < -0.39 is 0 Å². The van der Waals surface area contributed by atoms with Crippen molar-refractivity contribution in [2.75, 3.05) is 29.9 Å². The summed E-state index contributed by atoms with van der Waals surface area (Å²) in [6.07, 6.45) is 3.67. The number of carbonyl (C=O) groups excluding carboxylic acids is 2. The number of thiophene rings is 1. The molecule has 2 aromatic rings. The van der Waals surface area contributed by atoms with E-state index in [-0.39, 0.29) is 17.9 Å². The Morgan fingerprint density at radius 3 is 2.69 bits per heavy atom. The predicted octanol–water partition coefficient (Wildman–Crippen LogP) is 3.65. The lowest BCUT2D eigenvalue weighted by molar-refractivity contribution is -0.130. The number of amides is 2. The largest absolute Gasteiger partial charge is 0.376 e. The van der Waals surface area contributed by atoms with Crippen LogP contribution in [0.5, 0.6) is 0 Å². The first-order valence-corrected chi connectivity index (χ1v) is 10.1. The van der Waals surface area contributed by atoms with Crippen LogP contribution >= 0.6 is 11.3 Å². The Hall–Kier alpha value is -2.34. The van der Waals surface area contributed by atoms with E-state index in [9.17, 15) is 9.59 Å². The summed E-state index contributed by atoms with van der Waals surface area (Å²) in [5, 5.41) is 5.30. The Labute approximate surface area is 157 Å². The Bertz CT molecular complexity index is 773. The number of likely N-dealkylation sites (tertiary alicyclic amines) is 1. The normalized spacial score (nSPS) is 20.0. The molecule has 0 saturated carbocycles. The highest BCUT2D eigenvalue weighted by Gasteiger charge is 2.30. The first-order valence-electron chi connectivity index (χ1n) is 9.19. The van der Waals surface area contributed by atoms with Crippen LogP contribution in [0.25, 0.3) is 0 Å². The second kappa shape index (κ2) is 7.50. The van der Waals surface area contributed by atoms with E-state index in [1.54, 1.807) is 11.3 Å². The Morgan fingerprint density at radius 2 is 2.00 bits per heavy atom. The van der Waals surface area contributed by atoms with Crippen LogP contribution in [-0.4, -0.2) is 36.3 Å². The topological polar surface area (TPSA) is 52.7 Å². The van der Waals surface area contributed by atoms with Gasteiger partial charge < -0.3 is 15.1 Å². The van der Waals surface area contributed by atoms with Crippen molar-refractivity contribution in [3.63, 3.8) is 0 Å². The second-order valence-electron chi connectivity index (χ2n) is 6.81. The zero-order valence-corrected chi connectivity index (χ0v) is 15.5. The third kappa shape index (κ3) is 3.46. The first kappa shape index (κ1) is 17.1. The molecule has 0 radical (unpaired) electrons. The number of hydrogen-bond donors (Lipinski definition) is 1. The van der Waals surface area contributed by atoms with Crippen molar-refractivity contribution in [2.24, 2.45) is 0 Å². The maximum atomic E-state index is 12.7. The summed E-state index contributed by atoms with van der Waals surface area (Å²) in [4.78, 5) is 29.6. The third-order valence-corrected chi connectivity index (χ3v) is 6.11. The van der Waals surface area contributed by atoms with Crippen LogP contribution in [0.4, 0.5) is 11.4 Å². The molecule has 2 aliphatic heterocycles. The fraction of sp³-hybridized carbons (Fsp3) is 0.400. The summed E-state index contributed by atoms with van der Waals surface area (Å²) in [6, 6.07) is 12.2. The number of hydrogen-bond acceptors (Lipinski definition) is 4. The van der Waals surface area contributed by atoms with Gasteiger partial charge in [-0.15, -0.1) is 11.3 Å². The number of carbonyl (C=O) groups is 2. The molecular formula is C20H23N3O2S. The molecule has 1 unspecified atom stereocenters. The smallest absolute Gasteiger partial charge is 0.242 e. The van der Waals surface area contributed by atoms with Gasteiger partial charge in [-0.25, -0.2) is 0 Å². The molecule has 1 atom stereocenters. The second-order valence-corrected chi connectivity index (χ2v) is 7.79. The van der Waals surface area contributed by atoms with E-state index in [1.165, 1.54) is 4.88 Å². The molecule has 26 heavy (non-hydrogen) atoms. The van der Waals surface area contributed by atoms with E-state index in [1.807, 2.05) is 40.1 Å². The minimum absolute atomic E-state index is 0.139. The summed E-state index contributed by atoms with van der Waals surface area (Å²) in [6.45, 7) is 1.92. The van der Waals surface area contributed by atoms with Crippen LogP contribution in [0.15, 0.2) is 41.8 Å². The van der Waals surface area contributed by atoms with E-state index in [0.717, 1.165) is 43.7 Å². The van der Waals surface area contributed by atoms with Gasteiger partial charge in [-0.3, -0.25) is 9.59 Å². The Morgan fingerprint density at radius 1 is 1.15 bits per heavy atom. The zero-order valence-electron chi connectivity index (χ0n) is 14.7. The summed E-state index contributed by atoms with van der Waals surface area (Å²) in [7, 11) is 0. The molecule has 136 valence electrons. The van der Waals surface area contributed by atoms with Gasteiger partial charge >= 0.3 is 0 Å². The van der Waals surface area contributed by atoms with Crippen molar-refractivity contribution in [1.29, 1.82) is 0 Å². The van der Waals surface area contributed by atoms with E-state index in [2.05, 4.69) is 16.8 Å². The van der Waals surface area contributed by atoms with Crippen LogP contribution in [0.2, 0.25) is 0 Å². The maximum absolute atomic E-state index is 12.7. The lowest BCUT2D eigenvalue weighted by atomic mass is 10.2. The number of benzene rings is 1. The summed E-state index contributed by atoms with van der Waals surface area (Å²) >= 11 is 1.72. The fourth-order valence-electron chi connectivity index (χ4n) is 3.80. The molecule has 5 nitrogen and oxygen atoms in total. The molecule has 2 fully saturated rings. The highest BCUT2D eigenvalue weighted by atomic mass is 32.1. The standard InChI is InChI=1S/C20H23N3O2S/c24-19-6-2-11-22(19)16-9-7-15(8-10-16)21-14-20(25)23-12-1-4-17(23)18-5-3-13-26-18/h3,5,7-10,13,17,21H,1-2,4,6,11-12,14H2. The molecule has 1 aromatic heterocycles. The van der Waals surface area contributed by atoms with Gasteiger partial charge in [0.05, 0.1) is 12.6 Å². The van der Waals surface area contributed by atoms with Crippen LogP contribution in [0, 0.1) is 0 Å². The molecule has 2 aliphatic rings. The zero-order chi connectivity index (χ0) is 17.9. The lowest BCUT2D eigenvalue weighted by Gasteiger charge is -2.24. The minimum atomic E-state index is 0.139. The van der Waals surface area contributed by atoms with Gasteiger partial charge in [0.2, 0.25) is 11.8 Å². The summed E-state index contributed by atoms with van der Waals surface area (Å²) in [5.41, 5.74) is 1.84. The molecule has 3 heterocycles. The summed E-state index contributed by atoms with van der Waals surface area (Å²) in [5.74, 6) is 0.328. The molecule has 2 saturated heterocycles. The molecule has 0 bridgehead atoms. The monoisotopic (exact) mass is 369 g/mol. The van der Waals surface area contributed by atoms with Crippen molar-refractivity contribution in [2.45, 2.75) is 31.7 Å². The Balaban J connectivity index is 1.35. The molecule has 1 aromatic carbocycles. The van der Waals surface area contributed by atoms with Gasteiger partial charge in [-0.2, -0.15) is 0 Å². The van der Waals surface area contributed by atoms with Gasteiger partial charge in [0.1, 0.15) is 0 Å². The van der Waals surface area contributed by atoms with Gasteiger partial charge in [-0.1, -0.05) is 6.07 Å². The van der Waals surface area contributed by atoms with Crippen LogP contribution in [0.1, 0.15) is 36.6 Å². The number of rotatable bonds is 5. The molecular weight excluding hydrogens is 346 g/mol. The molecule has 0 aliphatic carbocycles.